The number of hydrogen-bond donors (Lipinski definition) is 1. The smallest absolute Gasteiger partial charge is 0.269 e. The van der Waals surface area contributed by atoms with Crippen LogP contribution in [0.4, 0.5) is 0 Å². The molecule has 3 rings (SSSR count). The van der Waals surface area contributed by atoms with Crippen molar-refractivity contribution in [1.82, 2.24) is 9.55 Å². The number of benzene rings is 2. The Balaban J connectivity index is 2.03. The van der Waals surface area contributed by atoms with Crippen molar-refractivity contribution in [3.05, 3.63) is 80.3 Å². The first-order valence-corrected chi connectivity index (χ1v) is 7.57. The van der Waals surface area contributed by atoms with Gasteiger partial charge < -0.3 is 4.98 Å². The Hall–Kier alpha value is -2.50. The van der Waals surface area contributed by atoms with Crippen LogP contribution in [0.2, 0.25) is 5.02 Å². The number of rotatable bonds is 2. The van der Waals surface area contributed by atoms with Gasteiger partial charge in [-0.25, -0.2) is 4.57 Å². The van der Waals surface area contributed by atoms with Gasteiger partial charge in [0.15, 0.2) is 4.77 Å². The van der Waals surface area contributed by atoms with E-state index in [-0.39, 0.29) is 4.77 Å². The minimum Gasteiger partial charge on any atom is -0.331 e. The quantitative estimate of drug-likeness (QED) is 0.564. The zero-order valence-corrected chi connectivity index (χ0v) is 13.4. The highest BCUT2D eigenvalue weighted by atomic mass is 35.5. The van der Waals surface area contributed by atoms with E-state index >= 15 is 0 Å². The lowest BCUT2D eigenvalue weighted by Crippen LogP contribution is -2.27. The Labute approximate surface area is 141 Å². The molecule has 114 valence electrons. The molecule has 23 heavy (non-hydrogen) atoms. The molecule has 1 aromatic heterocycles. The molecule has 0 atom stereocenters. The molecule has 1 N–H and O–H groups in total. The van der Waals surface area contributed by atoms with E-state index < -0.39 is 11.5 Å². The topological polar surface area (TPSA) is 54.9 Å². The van der Waals surface area contributed by atoms with Crippen molar-refractivity contribution in [2.75, 3.05) is 0 Å². The molecule has 0 aliphatic heterocycles. The fourth-order valence-electron chi connectivity index (χ4n) is 2.18. The third kappa shape index (κ3) is 3.16. The number of para-hydroxylation sites is 1. The highest BCUT2D eigenvalue weighted by Gasteiger charge is 2.09. The number of fused-ring (bicyclic) bond motifs is 1. The number of carbonyl (C=O) groups is 1. The summed E-state index contributed by atoms with van der Waals surface area (Å²) in [6, 6.07) is 13.9. The second-order valence-corrected chi connectivity index (χ2v) is 5.66. The predicted molar refractivity (Wildman–Crippen MR) is 94.5 cm³/mol. The van der Waals surface area contributed by atoms with Crippen LogP contribution in [0.15, 0.2) is 59.4 Å². The van der Waals surface area contributed by atoms with Crippen LogP contribution in [0.3, 0.4) is 0 Å². The molecule has 3 aromatic rings. The monoisotopic (exact) mass is 342 g/mol. The number of hydrogen-bond acceptors (Lipinski definition) is 3. The van der Waals surface area contributed by atoms with Gasteiger partial charge in [-0.15, -0.1) is 0 Å². The minimum absolute atomic E-state index is 0.0689. The molecule has 0 amide bonds. The summed E-state index contributed by atoms with van der Waals surface area (Å²) in [6.45, 7) is 0. The van der Waals surface area contributed by atoms with Gasteiger partial charge >= 0.3 is 0 Å². The molecular formula is C17H11ClN2O2S. The van der Waals surface area contributed by atoms with Crippen LogP contribution in [-0.4, -0.2) is 15.5 Å². The van der Waals surface area contributed by atoms with Gasteiger partial charge in [0.2, 0.25) is 0 Å². The second kappa shape index (κ2) is 6.32. The summed E-state index contributed by atoms with van der Waals surface area (Å²) < 4.78 is 1.02. The van der Waals surface area contributed by atoms with E-state index in [1.807, 2.05) is 0 Å². The van der Waals surface area contributed by atoms with Gasteiger partial charge in [0.25, 0.3) is 11.5 Å². The molecule has 0 bridgehead atoms. The summed E-state index contributed by atoms with van der Waals surface area (Å²) in [5, 5.41) is 1.02. The van der Waals surface area contributed by atoms with Crippen LogP contribution in [0, 0.1) is 4.77 Å². The fourth-order valence-corrected chi connectivity index (χ4v) is 2.59. The third-order valence-corrected chi connectivity index (χ3v) is 3.85. The number of nitrogens with one attached hydrogen (secondary N) is 1. The van der Waals surface area contributed by atoms with Crippen LogP contribution < -0.4 is 5.56 Å². The fraction of sp³-hybridized carbons (Fsp3) is 0. The molecular weight excluding hydrogens is 332 g/mol. The van der Waals surface area contributed by atoms with Gasteiger partial charge in [-0.3, -0.25) is 9.59 Å². The largest absolute Gasteiger partial charge is 0.331 e. The molecule has 0 radical (unpaired) electrons. The van der Waals surface area contributed by atoms with Gasteiger partial charge in [-0.1, -0.05) is 35.9 Å². The zero-order valence-electron chi connectivity index (χ0n) is 11.8. The van der Waals surface area contributed by atoms with E-state index in [1.54, 1.807) is 54.6 Å². The lowest BCUT2D eigenvalue weighted by molar-refractivity contribution is 0.0963. The number of H-pyrrole nitrogens is 1. The van der Waals surface area contributed by atoms with Crippen LogP contribution >= 0.6 is 23.8 Å². The highest BCUT2D eigenvalue weighted by Crippen LogP contribution is 2.11. The van der Waals surface area contributed by atoms with Gasteiger partial charge in [0.1, 0.15) is 0 Å². The average Bonchev–Trinajstić information content (AvgIpc) is 2.54. The molecule has 0 fully saturated rings. The van der Waals surface area contributed by atoms with Gasteiger partial charge in [-0.2, -0.15) is 0 Å². The summed E-state index contributed by atoms with van der Waals surface area (Å²) in [7, 11) is 0. The maximum Gasteiger partial charge on any atom is 0.269 e. The Morgan fingerprint density at radius 3 is 2.57 bits per heavy atom. The molecule has 0 spiro atoms. The first kappa shape index (κ1) is 15.4. The van der Waals surface area contributed by atoms with Gasteiger partial charge in [0, 0.05) is 11.1 Å². The van der Waals surface area contributed by atoms with Gasteiger partial charge in [0.05, 0.1) is 10.9 Å². The van der Waals surface area contributed by atoms with E-state index in [9.17, 15) is 9.59 Å². The summed E-state index contributed by atoms with van der Waals surface area (Å²) in [5.41, 5.74) is 0.967. The Bertz CT molecular complexity index is 1030. The zero-order chi connectivity index (χ0) is 16.4. The van der Waals surface area contributed by atoms with Crippen LogP contribution in [0.5, 0.6) is 0 Å². The molecule has 0 aliphatic rings. The Morgan fingerprint density at radius 2 is 1.83 bits per heavy atom. The number of aromatic nitrogens is 2. The minimum atomic E-state index is -0.503. The molecule has 0 saturated carbocycles. The number of halogens is 1. The Morgan fingerprint density at radius 1 is 1.13 bits per heavy atom. The lowest BCUT2D eigenvalue weighted by Gasteiger charge is -2.04. The van der Waals surface area contributed by atoms with Crippen molar-refractivity contribution in [3.63, 3.8) is 0 Å². The van der Waals surface area contributed by atoms with Crippen molar-refractivity contribution in [2.45, 2.75) is 0 Å². The summed E-state index contributed by atoms with van der Waals surface area (Å²) in [6.07, 6.45) is 2.91. The molecule has 2 aromatic carbocycles. The molecule has 0 unspecified atom stereocenters. The maximum absolute atomic E-state index is 12.5. The summed E-state index contributed by atoms with van der Waals surface area (Å²) in [5.74, 6) is -0.503. The van der Waals surface area contributed by atoms with Crippen molar-refractivity contribution in [2.24, 2.45) is 0 Å². The normalized spacial score (nSPS) is 11.2. The Kier molecular flexibility index (Phi) is 4.23. The number of aromatic amines is 1. The number of nitrogens with zero attached hydrogens (tertiary/aromatic N) is 1. The number of carbonyl (C=O) groups excluding carboxylic acids is 1. The van der Waals surface area contributed by atoms with Crippen molar-refractivity contribution in [3.8, 4) is 0 Å². The summed E-state index contributed by atoms with van der Waals surface area (Å²) in [4.78, 5) is 27.7. The summed E-state index contributed by atoms with van der Waals surface area (Å²) >= 11 is 10.9. The highest BCUT2D eigenvalue weighted by molar-refractivity contribution is 7.71. The van der Waals surface area contributed by atoms with E-state index in [1.165, 1.54) is 6.08 Å². The van der Waals surface area contributed by atoms with E-state index in [4.69, 9.17) is 23.8 Å². The SMILES string of the molecule is O=C(/C=C/c1ccc(Cl)cc1)n1c(=S)[nH]c2ccccc2c1=O. The molecule has 4 nitrogen and oxygen atoms in total. The standard InChI is InChI=1S/C17H11ClN2O2S/c18-12-8-5-11(6-9-12)7-10-15(21)20-16(22)13-3-1-2-4-14(13)19-17(20)23/h1-10H,(H,19,23)/b10-7+. The molecule has 1 heterocycles. The molecule has 0 saturated heterocycles. The molecule has 0 aliphatic carbocycles. The second-order valence-electron chi connectivity index (χ2n) is 4.84. The van der Waals surface area contributed by atoms with E-state index in [0.717, 1.165) is 10.1 Å². The van der Waals surface area contributed by atoms with E-state index in [2.05, 4.69) is 4.98 Å². The first-order chi connectivity index (χ1) is 11.1. The van der Waals surface area contributed by atoms with Crippen LogP contribution in [0.25, 0.3) is 17.0 Å². The lowest BCUT2D eigenvalue weighted by atomic mass is 10.2. The first-order valence-electron chi connectivity index (χ1n) is 6.78. The predicted octanol–water partition coefficient (Wildman–Crippen LogP) is 4.07. The average molecular weight is 343 g/mol. The molecule has 6 heteroatoms. The van der Waals surface area contributed by atoms with Crippen molar-refractivity contribution in [1.29, 1.82) is 0 Å². The van der Waals surface area contributed by atoms with Gasteiger partial charge in [-0.05, 0) is 48.1 Å². The van der Waals surface area contributed by atoms with E-state index in [0.29, 0.717) is 15.9 Å². The van der Waals surface area contributed by atoms with Crippen molar-refractivity contribution >= 4 is 46.7 Å². The van der Waals surface area contributed by atoms with Crippen LogP contribution in [0.1, 0.15) is 10.4 Å². The van der Waals surface area contributed by atoms with Crippen molar-refractivity contribution < 1.29 is 4.79 Å². The maximum atomic E-state index is 12.5. The number of allylic oxidation sites excluding steroid dienone is 1. The van der Waals surface area contributed by atoms with Crippen LogP contribution in [-0.2, 0) is 0 Å². The third-order valence-electron chi connectivity index (χ3n) is 3.31.